The van der Waals surface area contributed by atoms with Gasteiger partial charge < -0.3 is 9.84 Å². The third-order valence-electron chi connectivity index (χ3n) is 3.69. The number of esters is 1. The number of carbonyl (C=O) groups is 1. The lowest BCUT2D eigenvalue weighted by atomic mass is 9.73. The van der Waals surface area contributed by atoms with Gasteiger partial charge in [0.2, 0.25) is 0 Å². The maximum absolute atomic E-state index is 12.3. The van der Waals surface area contributed by atoms with Crippen molar-refractivity contribution in [2.24, 2.45) is 0 Å². The molecule has 96 valence electrons. The van der Waals surface area contributed by atoms with Crippen molar-refractivity contribution in [3.05, 3.63) is 65.7 Å². The Labute approximate surface area is 111 Å². The summed E-state index contributed by atoms with van der Waals surface area (Å²) >= 11 is 0. The van der Waals surface area contributed by atoms with E-state index in [1.165, 1.54) is 0 Å². The molecule has 1 N–H and O–H groups in total. The highest BCUT2D eigenvalue weighted by Crippen LogP contribution is 2.44. The lowest BCUT2D eigenvalue weighted by Gasteiger charge is -2.26. The number of hydrogen-bond donors (Lipinski definition) is 1. The fourth-order valence-corrected chi connectivity index (χ4v) is 2.74. The van der Waals surface area contributed by atoms with Crippen LogP contribution >= 0.6 is 0 Å². The first-order chi connectivity index (χ1) is 9.25. The first kappa shape index (κ1) is 11.8. The van der Waals surface area contributed by atoms with E-state index in [9.17, 15) is 9.90 Å². The minimum atomic E-state index is -0.882. The van der Waals surface area contributed by atoms with Crippen molar-refractivity contribution in [1.29, 1.82) is 0 Å². The molecule has 1 aliphatic heterocycles. The van der Waals surface area contributed by atoms with Crippen LogP contribution in [0.15, 0.2) is 54.6 Å². The van der Waals surface area contributed by atoms with E-state index in [-0.39, 0.29) is 11.7 Å². The number of phenolic OH excluding ortho intramolecular Hbond substituents is 1. The number of cyclic esters (lactones) is 1. The molecule has 0 spiro atoms. The lowest BCUT2D eigenvalue weighted by Crippen LogP contribution is -2.32. The Balaban J connectivity index is 2.25. The van der Waals surface area contributed by atoms with E-state index in [1.807, 2.05) is 36.4 Å². The number of para-hydroxylation sites is 1. The summed E-state index contributed by atoms with van der Waals surface area (Å²) in [5.41, 5.74) is 0.592. The highest BCUT2D eigenvalue weighted by atomic mass is 16.5. The van der Waals surface area contributed by atoms with Crippen LogP contribution in [-0.4, -0.2) is 17.7 Å². The van der Waals surface area contributed by atoms with Crippen LogP contribution in [-0.2, 0) is 14.9 Å². The number of aromatic hydroxyl groups is 1. The van der Waals surface area contributed by atoms with E-state index in [4.69, 9.17) is 4.74 Å². The van der Waals surface area contributed by atoms with E-state index in [0.29, 0.717) is 18.6 Å². The summed E-state index contributed by atoms with van der Waals surface area (Å²) in [4.78, 5) is 12.3. The molecule has 0 aromatic heterocycles. The van der Waals surface area contributed by atoms with Crippen molar-refractivity contribution < 1.29 is 14.6 Å². The largest absolute Gasteiger partial charge is 0.508 e. The van der Waals surface area contributed by atoms with Crippen LogP contribution in [0.4, 0.5) is 0 Å². The number of ether oxygens (including phenoxy) is 1. The molecule has 1 heterocycles. The molecule has 2 aromatic rings. The second-order valence-electron chi connectivity index (χ2n) is 4.67. The van der Waals surface area contributed by atoms with E-state index in [2.05, 4.69) is 0 Å². The predicted octanol–water partition coefficient (Wildman–Crippen LogP) is 2.63. The summed E-state index contributed by atoms with van der Waals surface area (Å²) in [7, 11) is 0. The maximum atomic E-state index is 12.3. The number of rotatable bonds is 2. The number of phenols is 1. The third kappa shape index (κ3) is 1.70. The molecule has 1 aliphatic rings. The first-order valence-corrected chi connectivity index (χ1v) is 6.26. The monoisotopic (exact) mass is 254 g/mol. The van der Waals surface area contributed by atoms with E-state index >= 15 is 0 Å². The molecule has 1 fully saturated rings. The second kappa shape index (κ2) is 4.43. The highest BCUT2D eigenvalue weighted by Gasteiger charge is 2.48. The van der Waals surface area contributed by atoms with Crippen molar-refractivity contribution in [3.63, 3.8) is 0 Å². The fraction of sp³-hybridized carbons (Fsp3) is 0.188. The minimum absolute atomic E-state index is 0.130. The summed E-state index contributed by atoms with van der Waals surface area (Å²) in [5, 5.41) is 10.1. The number of carbonyl (C=O) groups excluding carboxylic acids is 1. The second-order valence-corrected chi connectivity index (χ2v) is 4.67. The zero-order chi connectivity index (χ0) is 13.3. The number of benzene rings is 2. The van der Waals surface area contributed by atoms with Gasteiger partial charge in [-0.15, -0.1) is 0 Å². The summed E-state index contributed by atoms with van der Waals surface area (Å²) in [6, 6.07) is 16.5. The molecule has 0 bridgehead atoms. The zero-order valence-electron chi connectivity index (χ0n) is 10.4. The maximum Gasteiger partial charge on any atom is 0.321 e. The highest BCUT2D eigenvalue weighted by molar-refractivity contribution is 5.90. The van der Waals surface area contributed by atoms with E-state index < -0.39 is 5.41 Å². The fourth-order valence-electron chi connectivity index (χ4n) is 2.74. The van der Waals surface area contributed by atoms with Crippen LogP contribution in [0.2, 0.25) is 0 Å². The summed E-state index contributed by atoms with van der Waals surface area (Å²) in [6.45, 7) is 0.377. The standard InChI is InChI=1S/C16H14O3/c17-14-9-5-4-8-13(14)16(10-11-19-15(16)18)12-6-2-1-3-7-12/h1-9,17H,10-11H2. The van der Waals surface area contributed by atoms with E-state index in [0.717, 1.165) is 5.56 Å². The van der Waals surface area contributed by atoms with Crippen molar-refractivity contribution in [2.45, 2.75) is 11.8 Å². The lowest BCUT2D eigenvalue weighted by molar-refractivity contribution is -0.141. The smallest absolute Gasteiger partial charge is 0.321 e. The van der Waals surface area contributed by atoms with Gasteiger partial charge in [-0.3, -0.25) is 4.79 Å². The Morgan fingerprint density at radius 3 is 2.32 bits per heavy atom. The SMILES string of the molecule is O=C1OCCC1(c1ccccc1)c1ccccc1O. The molecule has 0 saturated carbocycles. The van der Waals surface area contributed by atoms with Gasteiger partial charge in [0.15, 0.2) is 0 Å². The zero-order valence-corrected chi connectivity index (χ0v) is 10.4. The van der Waals surface area contributed by atoms with Gasteiger partial charge in [0.25, 0.3) is 0 Å². The first-order valence-electron chi connectivity index (χ1n) is 6.26. The Kier molecular flexibility index (Phi) is 2.75. The Hall–Kier alpha value is -2.29. The summed E-state index contributed by atoms with van der Waals surface area (Å²) in [5.74, 6) is -0.162. The molecule has 3 heteroatoms. The van der Waals surface area contributed by atoms with Crippen LogP contribution in [0, 0.1) is 0 Å². The molecule has 1 unspecified atom stereocenters. The van der Waals surface area contributed by atoms with Crippen LogP contribution < -0.4 is 0 Å². The van der Waals surface area contributed by atoms with Gasteiger partial charge in [-0.05, 0) is 11.6 Å². The van der Waals surface area contributed by atoms with Crippen LogP contribution in [0.5, 0.6) is 5.75 Å². The quantitative estimate of drug-likeness (QED) is 0.838. The van der Waals surface area contributed by atoms with Crippen molar-refractivity contribution in [2.75, 3.05) is 6.61 Å². The van der Waals surface area contributed by atoms with Gasteiger partial charge >= 0.3 is 5.97 Å². The molecular formula is C16H14O3. The Morgan fingerprint density at radius 2 is 1.68 bits per heavy atom. The average molecular weight is 254 g/mol. The van der Waals surface area contributed by atoms with Gasteiger partial charge in [-0.25, -0.2) is 0 Å². The van der Waals surface area contributed by atoms with Crippen LogP contribution in [0.25, 0.3) is 0 Å². The third-order valence-corrected chi connectivity index (χ3v) is 3.69. The molecule has 19 heavy (non-hydrogen) atoms. The van der Waals surface area contributed by atoms with Gasteiger partial charge in [0.1, 0.15) is 11.2 Å². The van der Waals surface area contributed by atoms with Gasteiger partial charge in [0, 0.05) is 12.0 Å². The van der Waals surface area contributed by atoms with Crippen LogP contribution in [0.1, 0.15) is 17.5 Å². The Morgan fingerprint density at radius 1 is 1.00 bits per heavy atom. The number of hydrogen-bond acceptors (Lipinski definition) is 3. The molecule has 1 saturated heterocycles. The molecule has 0 radical (unpaired) electrons. The molecular weight excluding hydrogens is 240 g/mol. The average Bonchev–Trinajstić information content (AvgIpc) is 2.83. The Bertz CT molecular complexity index is 606. The normalized spacial score (nSPS) is 22.2. The van der Waals surface area contributed by atoms with Crippen molar-refractivity contribution >= 4 is 5.97 Å². The predicted molar refractivity (Wildman–Crippen MR) is 70.9 cm³/mol. The molecule has 3 rings (SSSR count). The summed E-state index contributed by atoms with van der Waals surface area (Å²) < 4.78 is 5.18. The van der Waals surface area contributed by atoms with Gasteiger partial charge in [0.05, 0.1) is 6.61 Å². The molecule has 0 aliphatic carbocycles. The minimum Gasteiger partial charge on any atom is -0.508 e. The van der Waals surface area contributed by atoms with Gasteiger partial charge in [-0.2, -0.15) is 0 Å². The topological polar surface area (TPSA) is 46.5 Å². The van der Waals surface area contributed by atoms with Gasteiger partial charge in [-0.1, -0.05) is 48.5 Å². The van der Waals surface area contributed by atoms with Crippen LogP contribution in [0.3, 0.4) is 0 Å². The van der Waals surface area contributed by atoms with Crippen molar-refractivity contribution in [3.8, 4) is 5.75 Å². The summed E-state index contributed by atoms with van der Waals surface area (Å²) in [6.07, 6.45) is 0.549. The van der Waals surface area contributed by atoms with E-state index in [1.54, 1.807) is 18.2 Å². The molecule has 3 nitrogen and oxygen atoms in total. The molecule has 1 atom stereocenters. The van der Waals surface area contributed by atoms with Crippen molar-refractivity contribution in [1.82, 2.24) is 0 Å². The molecule has 0 amide bonds. The molecule has 2 aromatic carbocycles.